The molecule has 0 aromatic rings. The zero-order valence-corrected chi connectivity index (χ0v) is 17.0. The van der Waals surface area contributed by atoms with Crippen LogP contribution in [0.4, 0.5) is 0 Å². The van der Waals surface area contributed by atoms with E-state index in [0.29, 0.717) is 29.1 Å². The van der Waals surface area contributed by atoms with Crippen molar-refractivity contribution in [3.63, 3.8) is 0 Å². The number of hydrogen-bond donors (Lipinski definition) is 1. The van der Waals surface area contributed by atoms with Crippen molar-refractivity contribution in [3.8, 4) is 0 Å². The van der Waals surface area contributed by atoms with E-state index in [9.17, 15) is 4.79 Å². The molecule has 26 heavy (non-hydrogen) atoms. The molecule has 8 atom stereocenters. The number of fused-ring (bicyclic) bond motifs is 5. The van der Waals surface area contributed by atoms with Crippen molar-refractivity contribution in [2.45, 2.75) is 85.0 Å². The van der Waals surface area contributed by atoms with E-state index in [0.717, 1.165) is 30.1 Å². The first-order chi connectivity index (χ1) is 12.4. The second-order valence-electron chi connectivity index (χ2n) is 10.6. The molecule has 1 unspecified atom stereocenters. The molecule has 0 aromatic heterocycles. The molecule has 4 aliphatic rings. The number of carbonyl (C=O) groups is 1. The van der Waals surface area contributed by atoms with Gasteiger partial charge in [-0.1, -0.05) is 45.8 Å². The zero-order chi connectivity index (χ0) is 18.5. The van der Waals surface area contributed by atoms with Crippen molar-refractivity contribution in [1.29, 1.82) is 0 Å². The van der Waals surface area contributed by atoms with Gasteiger partial charge in [-0.15, -0.1) is 0 Å². The van der Waals surface area contributed by atoms with Crippen LogP contribution in [-0.4, -0.2) is 11.1 Å². The van der Waals surface area contributed by atoms with Crippen LogP contribution in [0.5, 0.6) is 0 Å². The Hall–Kier alpha value is -0.790. The van der Waals surface area contributed by atoms with Gasteiger partial charge in [0.15, 0.2) is 0 Å². The zero-order valence-electron chi connectivity index (χ0n) is 17.0. The van der Waals surface area contributed by atoms with Gasteiger partial charge in [0.25, 0.3) is 0 Å². The number of rotatable bonds is 4. The van der Waals surface area contributed by atoms with Gasteiger partial charge in [-0.05, 0) is 91.3 Å². The van der Waals surface area contributed by atoms with Gasteiger partial charge in [-0.25, -0.2) is 0 Å². The maximum atomic E-state index is 11.0. The van der Waals surface area contributed by atoms with Crippen molar-refractivity contribution in [1.82, 2.24) is 0 Å². The smallest absolute Gasteiger partial charge is 0.303 e. The number of hydrogen-bond acceptors (Lipinski definition) is 1. The van der Waals surface area contributed by atoms with E-state index in [1.54, 1.807) is 0 Å². The topological polar surface area (TPSA) is 37.3 Å². The van der Waals surface area contributed by atoms with E-state index >= 15 is 0 Å². The van der Waals surface area contributed by atoms with Gasteiger partial charge in [0.1, 0.15) is 0 Å². The van der Waals surface area contributed by atoms with Crippen LogP contribution in [-0.2, 0) is 4.79 Å². The maximum Gasteiger partial charge on any atom is 0.303 e. The molecule has 4 aliphatic carbocycles. The predicted octanol–water partition coefficient (Wildman–Crippen LogP) is 6.31. The first-order valence-electron chi connectivity index (χ1n) is 11.3. The minimum Gasteiger partial charge on any atom is -0.481 e. The lowest BCUT2D eigenvalue weighted by Gasteiger charge is -2.58. The van der Waals surface area contributed by atoms with Gasteiger partial charge in [0.2, 0.25) is 0 Å². The van der Waals surface area contributed by atoms with E-state index in [4.69, 9.17) is 5.11 Å². The Kier molecular flexibility index (Phi) is 4.77. The molecule has 3 fully saturated rings. The maximum absolute atomic E-state index is 11.0. The summed E-state index contributed by atoms with van der Waals surface area (Å²) in [6, 6.07) is 0. The Morgan fingerprint density at radius 3 is 2.73 bits per heavy atom. The number of carboxylic acid groups (broad SMARTS) is 1. The highest BCUT2D eigenvalue weighted by Crippen LogP contribution is 2.66. The first kappa shape index (κ1) is 18.6. The highest BCUT2D eigenvalue weighted by atomic mass is 16.4. The summed E-state index contributed by atoms with van der Waals surface area (Å²) in [6.07, 6.45) is 17.8. The van der Waals surface area contributed by atoms with E-state index in [1.165, 1.54) is 51.4 Å². The second-order valence-corrected chi connectivity index (χ2v) is 10.6. The molecule has 0 aliphatic heterocycles. The standard InChI is InChI=1S/C24H38O2/c1-16(7-12-22(25)26)19-10-11-20-18-9-8-17-6-4-5-14-23(17,2)21(18)13-15-24(19,20)3/h13,15-21H,4-12,14H2,1-3H3,(H,25,26)/t16-,17+,18+,19?,20+,21+,23+,24-/m1/s1. The fourth-order valence-corrected chi connectivity index (χ4v) is 8.16. The highest BCUT2D eigenvalue weighted by molar-refractivity contribution is 5.66. The number of aliphatic carboxylic acids is 1. The summed E-state index contributed by atoms with van der Waals surface area (Å²) in [5.74, 6) is 4.01. The number of allylic oxidation sites excluding steroid dienone is 2. The van der Waals surface area contributed by atoms with E-state index in [1.807, 2.05) is 0 Å². The summed E-state index contributed by atoms with van der Waals surface area (Å²) in [5, 5.41) is 9.08. The quantitative estimate of drug-likeness (QED) is 0.598. The van der Waals surface area contributed by atoms with Gasteiger partial charge in [0, 0.05) is 6.42 Å². The van der Waals surface area contributed by atoms with Crippen LogP contribution >= 0.6 is 0 Å². The minimum absolute atomic E-state index is 0.303. The molecule has 2 nitrogen and oxygen atoms in total. The van der Waals surface area contributed by atoms with Crippen LogP contribution in [0.2, 0.25) is 0 Å². The lowest BCUT2D eigenvalue weighted by molar-refractivity contribution is -0.137. The van der Waals surface area contributed by atoms with E-state index < -0.39 is 5.97 Å². The van der Waals surface area contributed by atoms with E-state index in [-0.39, 0.29) is 0 Å². The summed E-state index contributed by atoms with van der Waals surface area (Å²) in [6.45, 7) is 7.43. The molecule has 0 amide bonds. The summed E-state index contributed by atoms with van der Waals surface area (Å²) in [7, 11) is 0. The molecule has 0 radical (unpaired) electrons. The van der Waals surface area contributed by atoms with Gasteiger partial charge in [-0.2, -0.15) is 0 Å². The summed E-state index contributed by atoms with van der Waals surface area (Å²) >= 11 is 0. The molecule has 0 spiro atoms. The van der Waals surface area contributed by atoms with Crippen molar-refractivity contribution in [2.24, 2.45) is 46.3 Å². The van der Waals surface area contributed by atoms with Crippen LogP contribution in [0.3, 0.4) is 0 Å². The predicted molar refractivity (Wildman–Crippen MR) is 106 cm³/mol. The van der Waals surface area contributed by atoms with Crippen molar-refractivity contribution in [3.05, 3.63) is 12.2 Å². The monoisotopic (exact) mass is 358 g/mol. The molecule has 4 rings (SSSR count). The van der Waals surface area contributed by atoms with Gasteiger partial charge >= 0.3 is 5.97 Å². The number of carboxylic acids is 1. The first-order valence-corrected chi connectivity index (χ1v) is 11.3. The normalized spacial score (nSPS) is 48.3. The summed E-state index contributed by atoms with van der Waals surface area (Å²) in [4.78, 5) is 11.0. The van der Waals surface area contributed by atoms with Crippen LogP contribution < -0.4 is 0 Å². The Bertz CT molecular complexity index is 581. The van der Waals surface area contributed by atoms with Crippen LogP contribution in [0.1, 0.15) is 85.0 Å². The average Bonchev–Trinajstić information content (AvgIpc) is 2.96. The molecule has 3 saturated carbocycles. The molecule has 146 valence electrons. The Balaban J connectivity index is 1.57. The molecule has 0 aromatic carbocycles. The molecule has 0 heterocycles. The summed E-state index contributed by atoms with van der Waals surface area (Å²) < 4.78 is 0. The Morgan fingerprint density at radius 1 is 1.15 bits per heavy atom. The van der Waals surface area contributed by atoms with Crippen molar-refractivity contribution < 1.29 is 9.90 Å². The lowest BCUT2D eigenvalue weighted by Crippen LogP contribution is -2.50. The SMILES string of the molecule is C[C@H](CCC(=O)O)C1CC[C@H]2[C@@H]3CC[C@@H]4CCCC[C@]4(C)[C@H]3C=C[C@]12C. The lowest BCUT2D eigenvalue weighted by atomic mass is 9.46. The third-order valence-corrected chi connectivity index (χ3v) is 9.59. The Morgan fingerprint density at radius 2 is 1.96 bits per heavy atom. The minimum atomic E-state index is -0.639. The van der Waals surface area contributed by atoms with Crippen molar-refractivity contribution in [2.75, 3.05) is 0 Å². The molecular weight excluding hydrogens is 320 g/mol. The molecule has 0 saturated heterocycles. The molecule has 2 heteroatoms. The van der Waals surface area contributed by atoms with Crippen LogP contribution in [0.15, 0.2) is 12.2 Å². The second kappa shape index (κ2) is 6.67. The van der Waals surface area contributed by atoms with E-state index in [2.05, 4.69) is 32.9 Å². The highest BCUT2D eigenvalue weighted by Gasteiger charge is 2.58. The average molecular weight is 359 g/mol. The molecule has 1 N–H and O–H groups in total. The van der Waals surface area contributed by atoms with Gasteiger partial charge in [-0.3, -0.25) is 4.79 Å². The fourth-order valence-electron chi connectivity index (χ4n) is 8.16. The van der Waals surface area contributed by atoms with Gasteiger partial charge in [0.05, 0.1) is 0 Å². The summed E-state index contributed by atoms with van der Waals surface area (Å²) in [5.41, 5.74) is 0.850. The molecular formula is C24H38O2. The third kappa shape index (κ3) is 2.78. The Labute approximate surface area is 159 Å². The molecule has 0 bridgehead atoms. The van der Waals surface area contributed by atoms with Crippen LogP contribution in [0, 0.1) is 46.3 Å². The van der Waals surface area contributed by atoms with Crippen LogP contribution in [0.25, 0.3) is 0 Å². The van der Waals surface area contributed by atoms with Crippen molar-refractivity contribution >= 4 is 5.97 Å². The van der Waals surface area contributed by atoms with Gasteiger partial charge < -0.3 is 5.11 Å². The fraction of sp³-hybridized carbons (Fsp3) is 0.875. The third-order valence-electron chi connectivity index (χ3n) is 9.59. The largest absolute Gasteiger partial charge is 0.481 e.